The number of fused-ring (bicyclic) bond motifs is 1. The van der Waals surface area contributed by atoms with E-state index < -0.39 is 0 Å². The highest BCUT2D eigenvalue weighted by Gasteiger charge is 2.42. The first kappa shape index (κ1) is 18.2. The van der Waals surface area contributed by atoms with Crippen LogP contribution in [0.2, 0.25) is 0 Å². The summed E-state index contributed by atoms with van der Waals surface area (Å²) in [6.07, 6.45) is 0. The fraction of sp³-hybridized carbons (Fsp3) is 0.333. The van der Waals surface area contributed by atoms with Crippen molar-refractivity contribution in [3.63, 3.8) is 0 Å². The number of hydrogen-bond donors (Lipinski definition) is 0. The number of imide groups is 1. The largest absolute Gasteiger partial charge is 0.454 e. The lowest BCUT2D eigenvalue weighted by molar-refractivity contribution is -0.138. The van der Waals surface area contributed by atoms with Crippen molar-refractivity contribution in [3.8, 4) is 11.5 Å². The third kappa shape index (κ3) is 3.18. The van der Waals surface area contributed by atoms with Gasteiger partial charge in [-0.05, 0) is 36.2 Å². The quantitative estimate of drug-likeness (QED) is 0.718. The number of piperazine rings is 1. The topological polar surface area (TPSA) is 62.3 Å². The molecule has 3 aliphatic heterocycles. The number of thiophene rings is 1. The fourth-order valence-electron chi connectivity index (χ4n) is 3.90. The van der Waals surface area contributed by atoms with Gasteiger partial charge in [-0.25, -0.2) is 0 Å². The predicted octanol–water partition coefficient (Wildman–Crippen LogP) is 2.00. The van der Waals surface area contributed by atoms with E-state index in [-0.39, 0.29) is 25.2 Å². The second-order valence-electron chi connectivity index (χ2n) is 7.38. The third-order valence-electron chi connectivity index (χ3n) is 5.51. The van der Waals surface area contributed by atoms with E-state index in [1.165, 1.54) is 16.2 Å². The van der Waals surface area contributed by atoms with Gasteiger partial charge in [-0.1, -0.05) is 12.1 Å². The molecule has 1 aromatic heterocycles. The number of hydrogen-bond acceptors (Lipinski definition) is 7. The van der Waals surface area contributed by atoms with E-state index in [1.807, 2.05) is 35.7 Å². The van der Waals surface area contributed by atoms with Crippen molar-refractivity contribution in [2.45, 2.75) is 6.54 Å². The van der Waals surface area contributed by atoms with Crippen molar-refractivity contribution in [2.24, 2.45) is 0 Å². The molecular weight excluding hydrogens is 390 g/mol. The van der Waals surface area contributed by atoms with Gasteiger partial charge in [-0.2, -0.15) is 0 Å². The van der Waals surface area contributed by atoms with Gasteiger partial charge in [-0.3, -0.25) is 14.5 Å². The summed E-state index contributed by atoms with van der Waals surface area (Å²) in [7, 11) is 2.07. The lowest BCUT2D eigenvalue weighted by Gasteiger charge is -2.34. The molecule has 29 heavy (non-hydrogen) atoms. The minimum atomic E-state index is -0.232. The Bertz CT molecular complexity index is 993. The van der Waals surface area contributed by atoms with Crippen molar-refractivity contribution >= 4 is 28.7 Å². The molecule has 4 heterocycles. The Kier molecular flexibility index (Phi) is 4.52. The van der Waals surface area contributed by atoms with Gasteiger partial charge in [0, 0.05) is 31.1 Å². The first-order valence-electron chi connectivity index (χ1n) is 9.58. The van der Waals surface area contributed by atoms with Crippen LogP contribution in [0.3, 0.4) is 0 Å². The molecule has 0 unspecified atom stereocenters. The average Bonchev–Trinajstić information content (AvgIpc) is 3.45. The predicted molar refractivity (Wildman–Crippen MR) is 108 cm³/mol. The number of ether oxygens (including phenoxy) is 2. The summed E-state index contributed by atoms with van der Waals surface area (Å²) in [4.78, 5) is 33.2. The first-order chi connectivity index (χ1) is 14.1. The number of rotatable bonds is 4. The number of carbonyl (C=O) groups is 2. The van der Waals surface area contributed by atoms with Crippen LogP contribution in [0.5, 0.6) is 11.5 Å². The normalized spacial score (nSPS) is 19.6. The minimum Gasteiger partial charge on any atom is -0.454 e. The van der Waals surface area contributed by atoms with Gasteiger partial charge in [0.05, 0.1) is 12.1 Å². The van der Waals surface area contributed by atoms with Gasteiger partial charge in [-0.15, -0.1) is 11.3 Å². The smallest absolute Gasteiger partial charge is 0.278 e. The van der Waals surface area contributed by atoms with E-state index >= 15 is 0 Å². The van der Waals surface area contributed by atoms with Crippen molar-refractivity contribution in [2.75, 3.05) is 40.0 Å². The van der Waals surface area contributed by atoms with Crippen LogP contribution in [-0.2, 0) is 16.1 Å². The van der Waals surface area contributed by atoms with E-state index in [1.54, 1.807) is 0 Å². The summed E-state index contributed by atoms with van der Waals surface area (Å²) < 4.78 is 10.8. The molecule has 7 nitrogen and oxygen atoms in total. The van der Waals surface area contributed by atoms with Crippen LogP contribution in [-0.4, -0.2) is 66.5 Å². The highest BCUT2D eigenvalue weighted by atomic mass is 32.1. The fourth-order valence-corrected chi connectivity index (χ4v) is 4.66. The number of benzene rings is 1. The standard InChI is InChI=1S/C21H21N3O4S/c1-22-6-8-23(9-7-22)19-18(17-3-2-10-29-17)20(25)24(21(19)26)12-14-4-5-15-16(11-14)28-13-27-15/h2-5,10-11H,6-9,12-13H2,1H3. The zero-order valence-electron chi connectivity index (χ0n) is 16.1. The number of carbonyl (C=O) groups excluding carboxylic acids is 2. The van der Waals surface area contributed by atoms with Crippen LogP contribution in [0.15, 0.2) is 41.4 Å². The maximum Gasteiger partial charge on any atom is 0.278 e. The Morgan fingerprint density at radius 1 is 1.00 bits per heavy atom. The van der Waals surface area contributed by atoms with E-state index in [9.17, 15) is 9.59 Å². The van der Waals surface area contributed by atoms with Gasteiger partial charge in [0.25, 0.3) is 11.8 Å². The monoisotopic (exact) mass is 411 g/mol. The Morgan fingerprint density at radius 2 is 1.79 bits per heavy atom. The van der Waals surface area contributed by atoms with Crippen LogP contribution >= 0.6 is 11.3 Å². The molecule has 150 valence electrons. The molecule has 8 heteroatoms. The Hall–Kier alpha value is -2.84. The first-order valence-corrected chi connectivity index (χ1v) is 10.5. The molecule has 0 bridgehead atoms. The van der Waals surface area contributed by atoms with Gasteiger partial charge < -0.3 is 19.3 Å². The van der Waals surface area contributed by atoms with Crippen molar-refractivity contribution in [1.82, 2.24) is 14.7 Å². The summed E-state index contributed by atoms with van der Waals surface area (Å²) >= 11 is 1.49. The number of amides is 2. The SMILES string of the molecule is CN1CCN(C2=C(c3cccs3)C(=O)N(Cc3ccc4c(c3)OCO4)C2=O)CC1. The summed E-state index contributed by atoms with van der Waals surface area (Å²) in [6.45, 7) is 3.60. The van der Waals surface area contributed by atoms with Gasteiger partial charge >= 0.3 is 0 Å². The highest BCUT2D eigenvalue weighted by Crippen LogP contribution is 2.37. The lowest BCUT2D eigenvalue weighted by atomic mass is 10.1. The van der Waals surface area contributed by atoms with Gasteiger partial charge in [0.15, 0.2) is 11.5 Å². The van der Waals surface area contributed by atoms with Crippen LogP contribution in [0.25, 0.3) is 5.57 Å². The van der Waals surface area contributed by atoms with Crippen LogP contribution in [0.4, 0.5) is 0 Å². The third-order valence-corrected chi connectivity index (χ3v) is 6.40. The molecule has 0 atom stereocenters. The molecule has 1 fully saturated rings. The summed E-state index contributed by atoms with van der Waals surface area (Å²) in [5.74, 6) is 0.875. The van der Waals surface area contributed by atoms with Crippen molar-refractivity contribution in [3.05, 3.63) is 51.8 Å². The van der Waals surface area contributed by atoms with E-state index in [2.05, 4.69) is 16.8 Å². The minimum absolute atomic E-state index is 0.192. The average molecular weight is 411 g/mol. The summed E-state index contributed by atoms with van der Waals surface area (Å²) in [5.41, 5.74) is 1.89. The molecule has 0 saturated carbocycles. The van der Waals surface area contributed by atoms with Crippen molar-refractivity contribution in [1.29, 1.82) is 0 Å². The maximum atomic E-state index is 13.4. The van der Waals surface area contributed by atoms with Gasteiger partial charge in [0.1, 0.15) is 5.70 Å². The summed E-state index contributed by atoms with van der Waals surface area (Å²) in [6, 6.07) is 9.34. The van der Waals surface area contributed by atoms with Crippen molar-refractivity contribution < 1.29 is 19.1 Å². The van der Waals surface area contributed by atoms with Crippen LogP contribution < -0.4 is 9.47 Å². The molecule has 3 aliphatic rings. The molecule has 2 amide bonds. The number of nitrogens with zero attached hydrogens (tertiary/aromatic N) is 3. The molecule has 0 aliphatic carbocycles. The second kappa shape index (κ2) is 7.20. The molecule has 0 spiro atoms. The zero-order valence-corrected chi connectivity index (χ0v) is 16.9. The molecule has 5 rings (SSSR count). The molecule has 2 aromatic rings. The molecule has 0 radical (unpaired) electrons. The Balaban J connectivity index is 1.47. The Morgan fingerprint density at radius 3 is 2.55 bits per heavy atom. The lowest BCUT2D eigenvalue weighted by Crippen LogP contribution is -2.46. The Labute approximate surface area is 172 Å². The zero-order chi connectivity index (χ0) is 20.0. The number of likely N-dealkylation sites (N-methyl/N-ethyl adjacent to an activating group) is 1. The molecule has 1 saturated heterocycles. The van der Waals surface area contributed by atoms with Gasteiger partial charge in [0.2, 0.25) is 6.79 Å². The van der Waals surface area contributed by atoms with Crippen LogP contribution in [0, 0.1) is 0 Å². The highest BCUT2D eigenvalue weighted by molar-refractivity contribution is 7.11. The van der Waals surface area contributed by atoms with E-state index in [0.717, 1.165) is 36.6 Å². The van der Waals surface area contributed by atoms with E-state index in [0.29, 0.717) is 22.8 Å². The molecule has 1 aromatic carbocycles. The summed E-state index contributed by atoms with van der Waals surface area (Å²) in [5, 5.41) is 1.93. The molecule has 0 N–H and O–H groups in total. The molecular formula is C21H21N3O4S. The van der Waals surface area contributed by atoms with Crippen LogP contribution in [0.1, 0.15) is 10.4 Å². The second-order valence-corrected chi connectivity index (χ2v) is 8.32. The maximum absolute atomic E-state index is 13.4. The van der Waals surface area contributed by atoms with E-state index in [4.69, 9.17) is 9.47 Å².